The summed E-state index contributed by atoms with van der Waals surface area (Å²) in [6, 6.07) is 4.34. The van der Waals surface area contributed by atoms with E-state index in [4.69, 9.17) is 4.74 Å². The predicted molar refractivity (Wildman–Crippen MR) is 83.4 cm³/mol. The van der Waals surface area contributed by atoms with Crippen molar-refractivity contribution in [2.45, 2.75) is 13.3 Å². The van der Waals surface area contributed by atoms with Gasteiger partial charge in [0.05, 0.1) is 17.4 Å². The summed E-state index contributed by atoms with van der Waals surface area (Å²) < 4.78 is 4.81. The molecule has 1 fully saturated rings. The third kappa shape index (κ3) is 3.10. The Bertz CT molecular complexity index is 661. The number of carbonyl (C=O) groups excluding carboxylic acids is 2. The molecule has 0 bridgehead atoms. The summed E-state index contributed by atoms with van der Waals surface area (Å²) in [5.74, 6) is -0.717. The maximum absolute atomic E-state index is 11.9. The number of anilines is 1. The van der Waals surface area contributed by atoms with E-state index < -0.39 is 10.3 Å². The number of methoxy groups -OCH3 is 1. The number of nitrogens with one attached hydrogen (secondary N) is 1. The highest BCUT2D eigenvalue weighted by Gasteiger charge is 2.42. The second-order valence-corrected chi connectivity index (χ2v) is 5.76. The molecule has 124 valence electrons. The summed E-state index contributed by atoms with van der Waals surface area (Å²) in [5.41, 5.74) is -0.226. The molecule has 8 heteroatoms. The molecular formula is C15H19N3O5. The Morgan fingerprint density at radius 3 is 2.70 bits per heavy atom. The third-order valence-corrected chi connectivity index (χ3v) is 4.15. The van der Waals surface area contributed by atoms with E-state index in [1.807, 2.05) is 0 Å². The van der Waals surface area contributed by atoms with Gasteiger partial charge < -0.3 is 15.0 Å². The zero-order valence-corrected chi connectivity index (χ0v) is 13.3. The number of hydrogen-bond donors (Lipinski definition) is 1. The first kappa shape index (κ1) is 16.7. The lowest BCUT2D eigenvalue weighted by Gasteiger charge is -2.23. The number of benzene rings is 1. The van der Waals surface area contributed by atoms with Gasteiger partial charge in [-0.05, 0) is 25.5 Å². The minimum absolute atomic E-state index is 0.153. The van der Waals surface area contributed by atoms with Gasteiger partial charge in [0, 0.05) is 31.8 Å². The molecule has 1 saturated heterocycles. The van der Waals surface area contributed by atoms with Gasteiger partial charge >= 0.3 is 5.97 Å². The van der Waals surface area contributed by atoms with Gasteiger partial charge in [0.15, 0.2) is 0 Å². The van der Waals surface area contributed by atoms with E-state index in [1.165, 1.54) is 26.3 Å². The lowest BCUT2D eigenvalue weighted by molar-refractivity contribution is -0.384. The first-order valence-electron chi connectivity index (χ1n) is 7.16. The van der Waals surface area contributed by atoms with E-state index in [-0.39, 0.29) is 23.1 Å². The van der Waals surface area contributed by atoms with Crippen molar-refractivity contribution < 1.29 is 19.2 Å². The Morgan fingerprint density at radius 2 is 2.13 bits per heavy atom. The van der Waals surface area contributed by atoms with Crippen molar-refractivity contribution in [2.75, 3.05) is 32.1 Å². The van der Waals surface area contributed by atoms with Crippen LogP contribution in [0.25, 0.3) is 0 Å². The number of nitro benzene ring substituents is 1. The quantitative estimate of drug-likeness (QED) is 0.510. The van der Waals surface area contributed by atoms with E-state index in [9.17, 15) is 19.7 Å². The molecule has 1 aliphatic heterocycles. The van der Waals surface area contributed by atoms with Gasteiger partial charge in [0.1, 0.15) is 5.69 Å². The third-order valence-electron chi connectivity index (χ3n) is 4.15. The molecule has 1 aromatic carbocycles. The highest BCUT2D eigenvalue weighted by molar-refractivity contribution is 5.95. The molecule has 0 saturated carbocycles. The number of amides is 1. The minimum Gasteiger partial charge on any atom is -0.469 e. The van der Waals surface area contributed by atoms with Gasteiger partial charge in [-0.1, -0.05) is 0 Å². The molecule has 0 spiro atoms. The number of nitrogens with zero attached hydrogens (tertiary/aromatic N) is 2. The molecule has 2 rings (SSSR count). The van der Waals surface area contributed by atoms with Crippen LogP contribution in [-0.4, -0.2) is 44.0 Å². The molecule has 1 heterocycles. The van der Waals surface area contributed by atoms with Crippen LogP contribution >= 0.6 is 0 Å². The van der Waals surface area contributed by atoms with Crippen LogP contribution in [0, 0.1) is 15.5 Å². The summed E-state index contributed by atoms with van der Waals surface area (Å²) in [7, 11) is 2.79. The van der Waals surface area contributed by atoms with Crippen LogP contribution in [0.4, 0.5) is 11.4 Å². The largest absolute Gasteiger partial charge is 0.469 e. The van der Waals surface area contributed by atoms with E-state index >= 15 is 0 Å². The van der Waals surface area contributed by atoms with Crippen molar-refractivity contribution in [2.24, 2.45) is 5.41 Å². The van der Waals surface area contributed by atoms with Crippen molar-refractivity contribution in [1.29, 1.82) is 0 Å². The number of carbonyl (C=O) groups is 2. The average molecular weight is 321 g/mol. The van der Waals surface area contributed by atoms with Crippen LogP contribution in [0.15, 0.2) is 18.2 Å². The monoisotopic (exact) mass is 321 g/mol. The fraction of sp³-hybridized carbons (Fsp3) is 0.467. The van der Waals surface area contributed by atoms with Gasteiger partial charge in [-0.2, -0.15) is 0 Å². The van der Waals surface area contributed by atoms with Gasteiger partial charge in [-0.15, -0.1) is 0 Å². The van der Waals surface area contributed by atoms with E-state index in [0.717, 1.165) is 0 Å². The highest BCUT2D eigenvalue weighted by atomic mass is 16.6. The van der Waals surface area contributed by atoms with E-state index in [2.05, 4.69) is 5.32 Å². The Labute approximate surface area is 133 Å². The first-order chi connectivity index (χ1) is 10.8. The summed E-state index contributed by atoms with van der Waals surface area (Å²) in [6.07, 6.45) is 0.550. The molecule has 1 N–H and O–H groups in total. The molecule has 1 aliphatic rings. The van der Waals surface area contributed by atoms with Gasteiger partial charge in [-0.25, -0.2) is 0 Å². The predicted octanol–water partition coefficient (Wildman–Crippen LogP) is 1.34. The lowest BCUT2D eigenvalue weighted by Crippen LogP contribution is -2.33. The maximum Gasteiger partial charge on any atom is 0.313 e. The first-order valence-corrected chi connectivity index (χ1v) is 7.16. The van der Waals surface area contributed by atoms with E-state index in [0.29, 0.717) is 25.2 Å². The van der Waals surface area contributed by atoms with Gasteiger partial charge in [0.2, 0.25) is 0 Å². The second kappa shape index (κ2) is 6.23. The molecule has 0 aromatic heterocycles. The molecule has 1 aromatic rings. The number of ether oxygens (including phenoxy) is 1. The number of nitro groups is 1. The molecule has 1 atom stereocenters. The zero-order valence-electron chi connectivity index (χ0n) is 13.3. The Balaban J connectivity index is 2.35. The topological polar surface area (TPSA) is 102 Å². The van der Waals surface area contributed by atoms with E-state index in [1.54, 1.807) is 17.9 Å². The van der Waals surface area contributed by atoms with Crippen LogP contribution in [0.5, 0.6) is 0 Å². The zero-order chi connectivity index (χ0) is 17.2. The fourth-order valence-corrected chi connectivity index (χ4v) is 2.80. The van der Waals surface area contributed by atoms with Gasteiger partial charge in [0.25, 0.3) is 11.6 Å². The lowest BCUT2D eigenvalue weighted by atomic mass is 9.90. The molecule has 8 nitrogen and oxygen atoms in total. The fourth-order valence-electron chi connectivity index (χ4n) is 2.80. The van der Waals surface area contributed by atoms with Crippen molar-refractivity contribution >= 4 is 23.3 Å². The summed E-state index contributed by atoms with van der Waals surface area (Å²) >= 11 is 0. The second-order valence-electron chi connectivity index (χ2n) is 5.76. The minimum atomic E-state index is -0.692. The van der Waals surface area contributed by atoms with Crippen molar-refractivity contribution in [3.63, 3.8) is 0 Å². The Kier molecular flexibility index (Phi) is 4.53. The van der Waals surface area contributed by atoms with Crippen LogP contribution in [-0.2, 0) is 9.53 Å². The Hall–Kier alpha value is -2.64. The molecule has 1 amide bonds. The highest BCUT2D eigenvalue weighted by Crippen LogP contribution is 2.38. The van der Waals surface area contributed by atoms with Crippen LogP contribution in [0.2, 0.25) is 0 Å². The normalized spacial score (nSPS) is 20.2. The molecular weight excluding hydrogens is 302 g/mol. The summed E-state index contributed by atoms with van der Waals surface area (Å²) in [6.45, 7) is 2.62. The Morgan fingerprint density at radius 1 is 1.43 bits per heavy atom. The smallest absolute Gasteiger partial charge is 0.313 e. The summed E-state index contributed by atoms with van der Waals surface area (Å²) in [5, 5.41) is 13.8. The van der Waals surface area contributed by atoms with Crippen LogP contribution < -0.4 is 10.2 Å². The van der Waals surface area contributed by atoms with Crippen LogP contribution in [0.1, 0.15) is 23.7 Å². The maximum atomic E-state index is 11.9. The van der Waals surface area contributed by atoms with Crippen molar-refractivity contribution in [3.8, 4) is 0 Å². The van der Waals surface area contributed by atoms with Crippen LogP contribution in [0.3, 0.4) is 0 Å². The standard InChI is InChI=1S/C15H19N3O5/c1-15(14(20)23-3)6-7-17(9-15)11-5-4-10(13(19)16-2)8-12(11)18(21)22/h4-5,8H,6-7,9H2,1-3H3,(H,16,19). The molecule has 1 unspecified atom stereocenters. The SMILES string of the molecule is CNC(=O)c1ccc(N2CCC(C)(C(=O)OC)C2)c([N+](=O)[O-])c1. The molecule has 0 radical (unpaired) electrons. The summed E-state index contributed by atoms with van der Waals surface area (Å²) in [4.78, 5) is 36.1. The van der Waals surface area contributed by atoms with Crippen molar-refractivity contribution in [1.82, 2.24) is 5.32 Å². The van der Waals surface area contributed by atoms with Gasteiger partial charge in [-0.3, -0.25) is 19.7 Å². The average Bonchev–Trinajstić information content (AvgIpc) is 2.96. The number of rotatable bonds is 4. The number of hydrogen-bond acceptors (Lipinski definition) is 6. The van der Waals surface area contributed by atoms with Crippen molar-refractivity contribution in [3.05, 3.63) is 33.9 Å². The number of esters is 1. The molecule has 0 aliphatic carbocycles. The molecule has 23 heavy (non-hydrogen) atoms.